The van der Waals surface area contributed by atoms with Gasteiger partial charge in [0.1, 0.15) is 11.8 Å². The SMILES string of the molecule is Cc1nc(C(=O)Nc2cncc(C(=O)O)c2)ccc1C#N. The molecule has 2 aromatic rings. The molecular formula is C14H10N4O3. The molecule has 0 aliphatic rings. The van der Waals surface area contributed by atoms with Gasteiger partial charge in [-0.2, -0.15) is 5.26 Å². The molecule has 1 amide bonds. The number of rotatable bonds is 3. The number of nitrogens with one attached hydrogen (secondary N) is 1. The summed E-state index contributed by atoms with van der Waals surface area (Å²) >= 11 is 0. The molecule has 0 aliphatic heterocycles. The van der Waals surface area contributed by atoms with E-state index in [9.17, 15) is 9.59 Å². The van der Waals surface area contributed by atoms with Crippen LogP contribution in [0, 0.1) is 18.3 Å². The Morgan fingerprint density at radius 2 is 2.10 bits per heavy atom. The molecule has 0 bridgehead atoms. The predicted molar refractivity (Wildman–Crippen MR) is 72.8 cm³/mol. The number of carbonyl (C=O) groups excluding carboxylic acids is 1. The Bertz CT molecular complexity index is 765. The summed E-state index contributed by atoms with van der Waals surface area (Å²) in [5.41, 5.74) is 1.19. The molecule has 0 aliphatic carbocycles. The first-order valence-electron chi connectivity index (χ1n) is 5.88. The summed E-state index contributed by atoms with van der Waals surface area (Å²) in [6, 6.07) is 6.19. The van der Waals surface area contributed by atoms with Crippen molar-refractivity contribution in [2.75, 3.05) is 5.32 Å². The molecule has 0 fully saturated rings. The Kier molecular flexibility index (Phi) is 3.90. The zero-order chi connectivity index (χ0) is 15.4. The minimum atomic E-state index is -1.13. The van der Waals surface area contributed by atoms with Crippen LogP contribution in [0.15, 0.2) is 30.6 Å². The van der Waals surface area contributed by atoms with Crippen LogP contribution < -0.4 is 5.32 Å². The van der Waals surface area contributed by atoms with E-state index < -0.39 is 11.9 Å². The number of amides is 1. The second-order valence-corrected chi connectivity index (χ2v) is 4.16. The van der Waals surface area contributed by atoms with E-state index in [0.29, 0.717) is 11.3 Å². The normalized spacial score (nSPS) is 9.71. The van der Waals surface area contributed by atoms with Crippen LogP contribution in [0.5, 0.6) is 0 Å². The quantitative estimate of drug-likeness (QED) is 0.883. The summed E-state index contributed by atoms with van der Waals surface area (Å²) in [5.74, 6) is -1.64. The van der Waals surface area contributed by atoms with Gasteiger partial charge in [0.05, 0.1) is 28.7 Å². The second kappa shape index (κ2) is 5.79. The molecular weight excluding hydrogens is 272 g/mol. The summed E-state index contributed by atoms with van der Waals surface area (Å²) in [6.07, 6.45) is 2.52. The highest BCUT2D eigenvalue weighted by atomic mass is 16.4. The molecule has 7 heteroatoms. The highest BCUT2D eigenvalue weighted by Crippen LogP contribution is 2.11. The van der Waals surface area contributed by atoms with Crippen molar-refractivity contribution in [3.05, 3.63) is 53.1 Å². The van der Waals surface area contributed by atoms with E-state index in [0.717, 1.165) is 0 Å². The summed E-state index contributed by atoms with van der Waals surface area (Å²) in [4.78, 5) is 30.6. The number of hydrogen-bond acceptors (Lipinski definition) is 5. The van der Waals surface area contributed by atoms with E-state index in [4.69, 9.17) is 10.4 Å². The first-order valence-corrected chi connectivity index (χ1v) is 5.88. The minimum absolute atomic E-state index is 0.0308. The largest absolute Gasteiger partial charge is 0.478 e. The van der Waals surface area contributed by atoms with Crippen molar-refractivity contribution >= 4 is 17.6 Å². The lowest BCUT2D eigenvalue weighted by Crippen LogP contribution is -2.15. The maximum absolute atomic E-state index is 12.0. The van der Waals surface area contributed by atoms with Crippen LogP contribution in [0.4, 0.5) is 5.69 Å². The number of pyridine rings is 2. The third kappa shape index (κ3) is 3.19. The lowest BCUT2D eigenvalue weighted by atomic mass is 10.2. The van der Waals surface area contributed by atoms with Gasteiger partial charge in [0.25, 0.3) is 5.91 Å². The number of nitrogens with zero attached hydrogens (tertiary/aromatic N) is 3. The number of carbonyl (C=O) groups is 2. The van der Waals surface area contributed by atoms with Gasteiger partial charge in [-0.25, -0.2) is 9.78 Å². The standard InChI is InChI=1S/C14H10N4O3/c1-8-9(5-15)2-3-12(17-8)13(19)18-11-4-10(14(20)21)6-16-7-11/h2-4,6-7H,1H3,(H,18,19)(H,20,21). The first-order chi connectivity index (χ1) is 10.0. The van der Waals surface area contributed by atoms with E-state index in [-0.39, 0.29) is 16.9 Å². The minimum Gasteiger partial charge on any atom is -0.478 e. The Morgan fingerprint density at radius 3 is 2.71 bits per heavy atom. The molecule has 2 aromatic heterocycles. The number of aromatic nitrogens is 2. The van der Waals surface area contributed by atoms with Crippen molar-refractivity contribution in [1.29, 1.82) is 5.26 Å². The molecule has 7 nitrogen and oxygen atoms in total. The number of aryl methyl sites for hydroxylation is 1. The fourth-order valence-electron chi connectivity index (χ4n) is 1.63. The zero-order valence-electron chi connectivity index (χ0n) is 11.0. The van der Waals surface area contributed by atoms with Gasteiger partial charge in [0.15, 0.2) is 0 Å². The summed E-state index contributed by atoms with van der Waals surface area (Å²) in [5, 5.41) is 20.2. The molecule has 0 atom stereocenters. The number of carboxylic acid groups (broad SMARTS) is 1. The van der Waals surface area contributed by atoms with Crippen molar-refractivity contribution < 1.29 is 14.7 Å². The van der Waals surface area contributed by atoms with Crippen LogP contribution in [0.3, 0.4) is 0 Å². The van der Waals surface area contributed by atoms with Crippen molar-refractivity contribution in [2.24, 2.45) is 0 Å². The number of hydrogen-bond donors (Lipinski definition) is 2. The Labute approximate surface area is 119 Å². The van der Waals surface area contributed by atoms with E-state index in [1.807, 2.05) is 6.07 Å². The van der Waals surface area contributed by atoms with E-state index >= 15 is 0 Å². The lowest BCUT2D eigenvalue weighted by molar-refractivity contribution is 0.0696. The Balaban J connectivity index is 2.22. The molecule has 0 saturated carbocycles. The number of aromatic carboxylic acids is 1. The molecule has 2 N–H and O–H groups in total. The number of carboxylic acids is 1. The van der Waals surface area contributed by atoms with E-state index in [2.05, 4.69) is 15.3 Å². The average molecular weight is 282 g/mol. The van der Waals surface area contributed by atoms with Crippen LogP contribution in [-0.4, -0.2) is 27.0 Å². The Hall–Kier alpha value is -3.27. The molecule has 2 rings (SSSR count). The van der Waals surface area contributed by atoms with Crippen molar-refractivity contribution in [3.8, 4) is 6.07 Å². The molecule has 2 heterocycles. The molecule has 21 heavy (non-hydrogen) atoms. The van der Waals surface area contributed by atoms with Crippen LogP contribution >= 0.6 is 0 Å². The van der Waals surface area contributed by atoms with Gasteiger partial charge in [-0.1, -0.05) is 0 Å². The van der Waals surface area contributed by atoms with Gasteiger partial charge in [-0.3, -0.25) is 9.78 Å². The van der Waals surface area contributed by atoms with Crippen LogP contribution in [-0.2, 0) is 0 Å². The van der Waals surface area contributed by atoms with Crippen LogP contribution in [0.2, 0.25) is 0 Å². The number of nitriles is 1. The van der Waals surface area contributed by atoms with Crippen molar-refractivity contribution in [2.45, 2.75) is 6.92 Å². The fraction of sp³-hybridized carbons (Fsp3) is 0.0714. The number of anilines is 1. The molecule has 0 saturated heterocycles. The third-order valence-corrected chi connectivity index (χ3v) is 2.68. The predicted octanol–water partition coefficient (Wildman–Crippen LogP) is 1.61. The second-order valence-electron chi connectivity index (χ2n) is 4.16. The summed E-state index contributed by atoms with van der Waals surface area (Å²) in [7, 11) is 0. The third-order valence-electron chi connectivity index (χ3n) is 2.68. The smallest absolute Gasteiger partial charge is 0.337 e. The van der Waals surface area contributed by atoms with Gasteiger partial charge in [0.2, 0.25) is 0 Å². The van der Waals surface area contributed by atoms with Crippen LogP contribution in [0.1, 0.15) is 32.1 Å². The molecule has 0 radical (unpaired) electrons. The first kappa shape index (κ1) is 14.1. The summed E-state index contributed by atoms with van der Waals surface area (Å²) < 4.78 is 0. The highest BCUT2D eigenvalue weighted by Gasteiger charge is 2.11. The lowest BCUT2D eigenvalue weighted by Gasteiger charge is -2.06. The van der Waals surface area contributed by atoms with E-state index in [1.54, 1.807) is 6.92 Å². The van der Waals surface area contributed by atoms with Crippen LogP contribution in [0.25, 0.3) is 0 Å². The monoisotopic (exact) mass is 282 g/mol. The van der Waals surface area contributed by atoms with Gasteiger partial charge in [-0.05, 0) is 25.1 Å². The van der Waals surface area contributed by atoms with E-state index in [1.165, 1.54) is 30.6 Å². The summed E-state index contributed by atoms with van der Waals surface area (Å²) in [6.45, 7) is 1.63. The highest BCUT2D eigenvalue weighted by molar-refractivity contribution is 6.03. The molecule has 0 spiro atoms. The van der Waals surface area contributed by atoms with Gasteiger partial charge < -0.3 is 10.4 Å². The van der Waals surface area contributed by atoms with Gasteiger partial charge in [-0.15, -0.1) is 0 Å². The maximum atomic E-state index is 12.0. The topological polar surface area (TPSA) is 116 Å². The molecule has 0 aromatic carbocycles. The maximum Gasteiger partial charge on any atom is 0.337 e. The zero-order valence-corrected chi connectivity index (χ0v) is 11.0. The van der Waals surface area contributed by atoms with Crippen molar-refractivity contribution in [3.63, 3.8) is 0 Å². The van der Waals surface area contributed by atoms with Gasteiger partial charge in [0, 0.05) is 6.20 Å². The average Bonchev–Trinajstić information content (AvgIpc) is 2.47. The Morgan fingerprint density at radius 1 is 1.33 bits per heavy atom. The molecule has 104 valence electrons. The fourth-order valence-corrected chi connectivity index (χ4v) is 1.63. The van der Waals surface area contributed by atoms with Gasteiger partial charge >= 0.3 is 5.97 Å². The van der Waals surface area contributed by atoms with Crippen molar-refractivity contribution in [1.82, 2.24) is 9.97 Å². The molecule has 0 unspecified atom stereocenters.